The molecular weight excluding hydrogens is 650 g/mol. The molecule has 0 radical (unpaired) electrons. The van der Waals surface area contributed by atoms with Crippen molar-refractivity contribution in [3.05, 3.63) is 113 Å². The summed E-state index contributed by atoms with van der Waals surface area (Å²) in [7, 11) is 0. The van der Waals surface area contributed by atoms with Crippen molar-refractivity contribution >= 4 is 39.6 Å². The number of para-hydroxylation sites is 1. The van der Waals surface area contributed by atoms with E-state index in [1.807, 2.05) is 72.9 Å². The Labute approximate surface area is 294 Å². The summed E-state index contributed by atoms with van der Waals surface area (Å²) in [5.74, 6) is -0.379. The average molecular weight is 688 g/mol. The van der Waals surface area contributed by atoms with Crippen LogP contribution in [0.1, 0.15) is 11.7 Å². The maximum Gasteiger partial charge on any atom is 0.270 e. The molecule has 0 atom stereocenters. The zero-order chi connectivity index (χ0) is 34.9. The summed E-state index contributed by atoms with van der Waals surface area (Å²) in [5, 5.41) is 18.7. The number of nitro benzene ring substituents is 1. The maximum atomic E-state index is 14.9. The minimum Gasteiger partial charge on any atom is -0.379 e. The summed E-state index contributed by atoms with van der Waals surface area (Å²) in [4.78, 5) is 48.9. The van der Waals surface area contributed by atoms with Crippen molar-refractivity contribution in [3.8, 4) is 16.9 Å². The molecule has 0 unspecified atom stereocenters. The summed E-state index contributed by atoms with van der Waals surface area (Å²) >= 11 is 0. The van der Waals surface area contributed by atoms with Crippen molar-refractivity contribution in [1.82, 2.24) is 19.6 Å². The minimum absolute atomic E-state index is 0.0908. The number of morpholine rings is 2. The Kier molecular flexibility index (Phi) is 9.01. The highest BCUT2D eigenvalue weighted by Crippen LogP contribution is 2.48. The van der Waals surface area contributed by atoms with Crippen LogP contribution in [0.25, 0.3) is 27.7 Å². The Morgan fingerprint density at radius 3 is 1.88 bits per heavy atom. The minimum atomic E-state index is -0.973. The van der Waals surface area contributed by atoms with E-state index in [-0.39, 0.29) is 30.6 Å². The fourth-order valence-electron chi connectivity index (χ4n) is 7.24. The molecule has 51 heavy (non-hydrogen) atoms. The normalized spacial score (nSPS) is 17.2. The first-order valence-corrected chi connectivity index (χ1v) is 17.1. The van der Waals surface area contributed by atoms with Gasteiger partial charge in [-0.2, -0.15) is 5.10 Å². The molecule has 2 amide bonds. The topological polar surface area (TPSA) is 127 Å². The molecule has 0 spiro atoms. The number of rotatable bonds is 8. The number of amides is 2. The second-order valence-electron chi connectivity index (χ2n) is 12.9. The van der Waals surface area contributed by atoms with Gasteiger partial charge in [-0.15, -0.1) is 0 Å². The summed E-state index contributed by atoms with van der Waals surface area (Å²) in [5.41, 5.74) is 3.49. The number of hydrogen-bond acceptors (Lipinski definition) is 9. The Morgan fingerprint density at radius 2 is 1.31 bits per heavy atom. The predicted molar refractivity (Wildman–Crippen MR) is 192 cm³/mol. The monoisotopic (exact) mass is 687 g/mol. The third-order valence-corrected chi connectivity index (χ3v) is 9.70. The van der Waals surface area contributed by atoms with E-state index in [4.69, 9.17) is 14.6 Å². The van der Waals surface area contributed by atoms with Crippen LogP contribution in [0.2, 0.25) is 0 Å². The molecule has 5 aromatic rings. The van der Waals surface area contributed by atoms with Gasteiger partial charge in [-0.3, -0.25) is 39.3 Å². The van der Waals surface area contributed by atoms with Crippen LogP contribution in [0.15, 0.2) is 97.2 Å². The zero-order valence-electron chi connectivity index (χ0n) is 28.0. The van der Waals surface area contributed by atoms with E-state index >= 15 is 0 Å². The molecular formula is C38H37N7O6. The lowest BCUT2D eigenvalue weighted by Crippen LogP contribution is -2.55. The second-order valence-corrected chi connectivity index (χ2v) is 12.9. The van der Waals surface area contributed by atoms with Crippen LogP contribution in [0, 0.1) is 10.1 Å². The third-order valence-electron chi connectivity index (χ3n) is 9.70. The quantitative estimate of drug-likeness (QED) is 0.169. The van der Waals surface area contributed by atoms with Crippen molar-refractivity contribution in [3.63, 3.8) is 0 Å². The van der Waals surface area contributed by atoms with Gasteiger partial charge in [0.2, 0.25) is 11.8 Å². The van der Waals surface area contributed by atoms with E-state index in [0.29, 0.717) is 80.8 Å². The number of carbonyl (C=O) groups is 2. The van der Waals surface area contributed by atoms with Gasteiger partial charge in [0.15, 0.2) is 0 Å². The molecule has 4 aromatic carbocycles. The largest absolute Gasteiger partial charge is 0.379 e. The van der Waals surface area contributed by atoms with E-state index in [2.05, 4.69) is 9.80 Å². The Hall–Kier alpha value is -5.47. The fourth-order valence-corrected chi connectivity index (χ4v) is 7.24. The first-order chi connectivity index (χ1) is 25.0. The summed E-state index contributed by atoms with van der Waals surface area (Å²) in [6.45, 7) is 4.77. The first kappa shape index (κ1) is 32.7. The number of aromatic nitrogens is 2. The SMILES string of the molecule is O=C(CN1CCOCC1)N1c2cccc3cccc(c23)N(C(=O)CN2CCOCC2)C1c1cn(-c2ccccc2)nc1-c1cccc([N+](=O)[O-])c1. The van der Waals surface area contributed by atoms with Gasteiger partial charge in [0.25, 0.3) is 5.69 Å². The molecule has 260 valence electrons. The molecule has 0 saturated carbocycles. The van der Waals surface area contributed by atoms with Gasteiger partial charge in [-0.25, -0.2) is 4.68 Å². The lowest BCUT2D eigenvalue weighted by Gasteiger charge is -2.45. The molecule has 2 fully saturated rings. The lowest BCUT2D eigenvalue weighted by atomic mass is 9.96. The molecule has 0 N–H and O–H groups in total. The summed E-state index contributed by atoms with van der Waals surface area (Å²) in [6.07, 6.45) is 0.867. The number of nitrogens with zero attached hydrogens (tertiary/aromatic N) is 7. The molecule has 0 aliphatic carbocycles. The number of non-ortho nitro benzene ring substituents is 1. The van der Waals surface area contributed by atoms with Crippen molar-refractivity contribution < 1.29 is 24.0 Å². The average Bonchev–Trinajstić information content (AvgIpc) is 3.61. The number of hydrogen-bond donors (Lipinski definition) is 0. The van der Waals surface area contributed by atoms with Crippen LogP contribution < -0.4 is 9.80 Å². The highest BCUT2D eigenvalue weighted by atomic mass is 16.6. The number of nitro groups is 1. The van der Waals surface area contributed by atoms with E-state index in [1.165, 1.54) is 12.1 Å². The van der Waals surface area contributed by atoms with E-state index in [1.54, 1.807) is 26.6 Å². The molecule has 0 bridgehead atoms. The van der Waals surface area contributed by atoms with E-state index in [9.17, 15) is 19.7 Å². The van der Waals surface area contributed by atoms with E-state index in [0.717, 1.165) is 16.5 Å². The lowest BCUT2D eigenvalue weighted by molar-refractivity contribution is -0.384. The van der Waals surface area contributed by atoms with Crippen LogP contribution in [-0.2, 0) is 19.1 Å². The number of ether oxygens (including phenoxy) is 2. The molecule has 4 heterocycles. The zero-order valence-corrected chi connectivity index (χ0v) is 28.0. The van der Waals surface area contributed by atoms with Gasteiger partial charge in [0, 0.05) is 61.0 Å². The van der Waals surface area contributed by atoms with Crippen LogP contribution in [0.5, 0.6) is 0 Å². The second kappa shape index (κ2) is 14.0. The standard InChI is InChI=1S/C38H37N7O6/c46-34(25-40-15-19-50-20-16-40)43-32-13-5-7-27-8-6-14-33(36(27)32)44(35(47)26-41-17-21-51-22-18-41)38(43)31-24-42(29-10-2-1-3-11-29)39-37(31)28-9-4-12-30(23-28)45(48)49/h1-14,23-24,38H,15-22,25-26H2. The Morgan fingerprint density at radius 1 is 0.745 bits per heavy atom. The Balaban J connectivity index is 1.36. The van der Waals surface area contributed by atoms with Crippen LogP contribution in [-0.4, -0.2) is 102 Å². The van der Waals surface area contributed by atoms with Gasteiger partial charge >= 0.3 is 0 Å². The smallest absolute Gasteiger partial charge is 0.270 e. The Bertz CT molecular complexity index is 2020. The van der Waals surface area contributed by atoms with Gasteiger partial charge in [-0.1, -0.05) is 54.6 Å². The van der Waals surface area contributed by atoms with Crippen molar-refractivity contribution in [2.24, 2.45) is 0 Å². The van der Waals surface area contributed by atoms with Gasteiger partial charge in [0.1, 0.15) is 11.9 Å². The van der Waals surface area contributed by atoms with Crippen LogP contribution in [0.3, 0.4) is 0 Å². The highest BCUT2D eigenvalue weighted by molar-refractivity contribution is 6.17. The molecule has 13 heteroatoms. The van der Waals surface area contributed by atoms with Crippen LogP contribution in [0.4, 0.5) is 17.1 Å². The molecule has 2 saturated heterocycles. The number of carbonyl (C=O) groups excluding carboxylic acids is 2. The van der Waals surface area contributed by atoms with E-state index < -0.39 is 11.1 Å². The number of benzene rings is 4. The highest BCUT2D eigenvalue weighted by Gasteiger charge is 2.44. The summed E-state index contributed by atoms with van der Waals surface area (Å²) in [6, 6.07) is 27.5. The molecule has 13 nitrogen and oxygen atoms in total. The number of anilines is 2. The van der Waals surface area contributed by atoms with Gasteiger partial charge in [0.05, 0.1) is 61.5 Å². The van der Waals surface area contributed by atoms with Crippen LogP contribution >= 0.6 is 0 Å². The van der Waals surface area contributed by atoms with Crippen molar-refractivity contribution in [1.29, 1.82) is 0 Å². The first-order valence-electron chi connectivity index (χ1n) is 17.1. The fraction of sp³-hybridized carbons (Fsp3) is 0.289. The summed E-state index contributed by atoms with van der Waals surface area (Å²) < 4.78 is 12.9. The predicted octanol–water partition coefficient (Wildman–Crippen LogP) is 4.64. The molecule has 3 aliphatic rings. The van der Waals surface area contributed by atoms with Gasteiger partial charge in [-0.05, 0) is 29.7 Å². The van der Waals surface area contributed by atoms with Crippen molar-refractivity contribution in [2.75, 3.05) is 75.5 Å². The van der Waals surface area contributed by atoms with Gasteiger partial charge < -0.3 is 9.47 Å². The van der Waals surface area contributed by atoms with Crippen molar-refractivity contribution in [2.45, 2.75) is 6.17 Å². The maximum absolute atomic E-state index is 14.9. The third kappa shape index (κ3) is 6.36. The molecule has 1 aromatic heterocycles. The molecule has 8 rings (SSSR count). The molecule has 3 aliphatic heterocycles.